The van der Waals surface area contributed by atoms with Crippen molar-refractivity contribution in [1.29, 1.82) is 0 Å². The molecule has 0 aliphatic carbocycles. The lowest BCUT2D eigenvalue weighted by Gasteiger charge is -2.31. The number of hydrogen-bond donors (Lipinski definition) is 1. The standard InChI is InChI=1S/C19H21N5O/c1-23-12-22-16-4-2-14(10-17(16)23)15-3-5-18(21-11-15)24-8-6-13(7-9-24)19(20)25/h2-5,10-13H,6-9H2,1H3,(H2,20,25). The number of imidazole rings is 1. The number of primary amides is 1. The van der Waals surface area contributed by atoms with Crippen molar-refractivity contribution in [2.24, 2.45) is 18.7 Å². The second kappa shape index (κ2) is 6.20. The number of anilines is 1. The maximum Gasteiger partial charge on any atom is 0.220 e. The van der Waals surface area contributed by atoms with E-state index < -0.39 is 0 Å². The van der Waals surface area contributed by atoms with Crippen molar-refractivity contribution in [3.05, 3.63) is 42.9 Å². The molecule has 25 heavy (non-hydrogen) atoms. The zero-order valence-corrected chi connectivity index (χ0v) is 14.2. The fraction of sp³-hybridized carbons (Fsp3) is 0.316. The molecule has 0 unspecified atom stereocenters. The number of pyridine rings is 1. The lowest BCUT2D eigenvalue weighted by atomic mass is 9.96. The van der Waals surface area contributed by atoms with Crippen molar-refractivity contribution in [3.63, 3.8) is 0 Å². The van der Waals surface area contributed by atoms with E-state index in [4.69, 9.17) is 5.73 Å². The molecule has 0 bridgehead atoms. The van der Waals surface area contributed by atoms with E-state index in [1.807, 2.05) is 36.3 Å². The predicted octanol–water partition coefficient (Wildman–Crippen LogP) is 2.34. The van der Waals surface area contributed by atoms with Crippen LogP contribution in [0.25, 0.3) is 22.2 Å². The average molecular weight is 335 g/mol. The minimum atomic E-state index is -0.187. The molecule has 1 saturated heterocycles. The summed E-state index contributed by atoms with van der Waals surface area (Å²) < 4.78 is 2.02. The summed E-state index contributed by atoms with van der Waals surface area (Å²) in [6.45, 7) is 1.64. The zero-order chi connectivity index (χ0) is 17.4. The summed E-state index contributed by atoms with van der Waals surface area (Å²) in [6.07, 6.45) is 5.34. The molecule has 1 aliphatic rings. The molecule has 0 atom stereocenters. The van der Waals surface area contributed by atoms with Crippen LogP contribution >= 0.6 is 0 Å². The molecule has 1 aliphatic heterocycles. The Bertz CT molecular complexity index is 907. The minimum Gasteiger partial charge on any atom is -0.369 e. The first-order chi connectivity index (χ1) is 12.1. The van der Waals surface area contributed by atoms with E-state index >= 15 is 0 Å². The number of nitrogens with two attached hydrogens (primary N) is 1. The highest BCUT2D eigenvalue weighted by atomic mass is 16.1. The van der Waals surface area contributed by atoms with Crippen molar-refractivity contribution in [3.8, 4) is 11.1 Å². The lowest BCUT2D eigenvalue weighted by Crippen LogP contribution is -2.38. The van der Waals surface area contributed by atoms with Gasteiger partial charge in [-0.3, -0.25) is 4.79 Å². The van der Waals surface area contributed by atoms with E-state index in [1.165, 1.54) is 0 Å². The van der Waals surface area contributed by atoms with Crippen LogP contribution in [0.15, 0.2) is 42.9 Å². The Morgan fingerprint density at radius 2 is 1.88 bits per heavy atom. The van der Waals surface area contributed by atoms with E-state index in [9.17, 15) is 4.79 Å². The topological polar surface area (TPSA) is 77.0 Å². The van der Waals surface area contributed by atoms with Crippen molar-refractivity contribution >= 4 is 22.8 Å². The Balaban J connectivity index is 1.53. The largest absolute Gasteiger partial charge is 0.369 e. The molecule has 2 N–H and O–H groups in total. The van der Waals surface area contributed by atoms with Gasteiger partial charge in [-0.15, -0.1) is 0 Å². The Kier molecular flexibility index (Phi) is 3.87. The average Bonchev–Trinajstić information content (AvgIpc) is 3.02. The van der Waals surface area contributed by atoms with Gasteiger partial charge in [0.1, 0.15) is 5.82 Å². The smallest absolute Gasteiger partial charge is 0.220 e. The van der Waals surface area contributed by atoms with Crippen molar-refractivity contribution in [2.45, 2.75) is 12.8 Å². The van der Waals surface area contributed by atoms with E-state index in [0.29, 0.717) is 0 Å². The second-order valence-corrected chi connectivity index (χ2v) is 6.63. The Morgan fingerprint density at radius 3 is 2.56 bits per heavy atom. The normalized spacial score (nSPS) is 15.6. The molecule has 6 heteroatoms. The van der Waals surface area contributed by atoms with E-state index in [2.05, 4.69) is 33.1 Å². The minimum absolute atomic E-state index is 0.00106. The van der Waals surface area contributed by atoms with Gasteiger partial charge >= 0.3 is 0 Å². The monoisotopic (exact) mass is 335 g/mol. The van der Waals surface area contributed by atoms with Gasteiger partial charge in [0, 0.05) is 37.8 Å². The molecule has 128 valence electrons. The van der Waals surface area contributed by atoms with Gasteiger partial charge in [0.2, 0.25) is 5.91 Å². The molecule has 3 heterocycles. The highest BCUT2D eigenvalue weighted by Gasteiger charge is 2.23. The van der Waals surface area contributed by atoms with Crippen molar-refractivity contribution in [2.75, 3.05) is 18.0 Å². The number of piperidine rings is 1. The van der Waals surface area contributed by atoms with Gasteiger partial charge in [-0.05, 0) is 42.7 Å². The number of carbonyl (C=O) groups excluding carboxylic acids is 1. The predicted molar refractivity (Wildman–Crippen MR) is 98.1 cm³/mol. The summed E-state index contributed by atoms with van der Waals surface area (Å²) >= 11 is 0. The number of nitrogens with zero attached hydrogens (tertiary/aromatic N) is 4. The summed E-state index contributed by atoms with van der Waals surface area (Å²) in [4.78, 5) is 22.5. The summed E-state index contributed by atoms with van der Waals surface area (Å²) in [5.41, 5.74) is 9.71. The van der Waals surface area contributed by atoms with Crippen LogP contribution in [0, 0.1) is 5.92 Å². The summed E-state index contributed by atoms with van der Waals surface area (Å²) in [7, 11) is 2.00. The van der Waals surface area contributed by atoms with Gasteiger partial charge in [-0.25, -0.2) is 9.97 Å². The first kappa shape index (κ1) is 15.6. The van der Waals surface area contributed by atoms with E-state index in [0.717, 1.165) is 53.9 Å². The second-order valence-electron chi connectivity index (χ2n) is 6.63. The van der Waals surface area contributed by atoms with Crippen LogP contribution in [0.5, 0.6) is 0 Å². The van der Waals surface area contributed by atoms with Gasteiger partial charge in [0.15, 0.2) is 0 Å². The molecule has 1 aromatic carbocycles. The third kappa shape index (κ3) is 2.95. The molecule has 2 aromatic heterocycles. The van der Waals surface area contributed by atoms with Crippen LogP contribution in [0.2, 0.25) is 0 Å². The summed E-state index contributed by atoms with van der Waals surface area (Å²) in [6, 6.07) is 10.4. The van der Waals surface area contributed by atoms with Crippen LogP contribution < -0.4 is 10.6 Å². The fourth-order valence-corrected chi connectivity index (χ4v) is 3.44. The summed E-state index contributed by atoms with van der Waals surface area (Å²) in [5.74, 6) is 0.767. The maximum absolute atomic E-state index is 11.3. The molecular formula is C19H21N5O. The number of fused-ring (bicyclic) bond motifs is 1. The van der Waals surface area contributed by atoms with E-state index in [-0.39, 0.29) is 11.8 Å². The lowest BCUT2D eigenvalue weighted by molar-refractivity contribution is -0.122. The first-order valence-corrected chi connectivity index (χ1v) is 8.53. The Labute approximate surface area is 146 Å². The molecule has 0 spiro atoms. The molecule has 6 nitrogen and oxygen atoms in total. The molecule has 0 radical (unpaired) electrons. The van der Waals surface area contributed by atoms with Crippen LogP contribution in [0.1, 0.15) is 12.8 Å². The molecule has 3 aromatic rings. The van der Waals surface area contributed by atoms with Crippen molar-refractivity contribution < 1.29 is 4.79 Å². The molecule has 4 rings (SSSR count). The van der Waals surface area contributed by atoms with Gasteiger partial charge < -0.3 is 15.2 Å². The number of amides is 1. The molecular weight excluding hydrogens is 314 g/mol. The van der Waals surface area contributed by atoms with Crippen LogP contribution in [-0.4, -0.2) is 33.5 Å². The molecule has 0 saturated carbocycles. The summed E-state index contributed by atoms with van der Waals surface area (Å²) in [5, 5.41) is 0. The van der Waals surface area contributed by atoms with E-state index in [1.54, 1.807) is 0 Å². The van der Waals surface area contributed by atoms with Crippen LogP contribution in [-0.2, 0) is 11.8 Å². The quantitative estimate of drug-likeness (QED) is 0.797. The fourth-order valence-electron chi connectivity index (χ4n) is 3.44. The van der Waals surface area contributed by atoms with Crippen LogP contribution in [0.3, 0.4) is 0 Å². The van der Waals surface area contributed by atoms with Gasteiger partial charge in [-0.2, -0.15) is 0 Å². The number of benzene rings is 1. The zero-order valence-electron chi connectivity index (χ0n) is 14.2. The third-order valence-corrected chi connectivity index (χ3v) is 5.03. The molecule has 1 fully saturated rings. The number of rotatable bonds is 3. The maximum atomic E-state index is 11.3. The highest BCUT2D eigenvalue weighted by Crippen LogP contribution is 2.26. The van der Waals surface area contributed by atoms with Gasteiger partial charge in [0.25, 0.3) is 0 Å². The number of carbonyl (C=O) groups is 1. The van der Waals surface area contributed by atoms with Gasteiger partial charge in [-0.1, -0.05) is 6.07 Å². The number of aromatic nitrogens is 3. The Morgan fingerprint density at radius 1 is 1.12 bits per heavy atom. The van der Waals surface area contributed by atoms with Gasteiger partial charge in [0.05, 0.1) is 17.4 Å². The number of aryl methyl sites for hydroxylation is 1. The van der Waals surface area contributed by atoms with Crippen LogP contribution in [0.4, 0.5) is 5.82 Å². The first-order valence-electron chi connectivity index (χ1n) is 8.53. The Hall–Kier alpha value is -2.89. The highest BCUT2D eigenvalue weighted by molar-refractivity contribution is 5.82. The van der Waals surface area contributed by atoms with Crippen molar-refractivity contribution in [1.82, 2.24) is 14.5 Å². The SMILES string of the molecule is Cn1cnc2ccc(-c3ccc(N4CCC(C(N)=O)CC4)nc3)cc21. The number of hydrogen-bond acceptors (Lipinski definition) is 4. The molecule has 1 amide bonds. The third-order valence-electron chi connectivity index (χ3n) is 5.03.